The van der Waals surface area contributed by atoms with Crippen LogP contribution in [0.4, 0.5) is 17.3 Å². The highest BCUT2D eigenvalue weighted by atomic mass is 35.5. The summed E-state index contributed by atoms with van der Waals surface area (Å²) in [5, 5.41) is 17.1. The molecule has 2 aromatic heterocycles. The monoisotopic (exact) mass is 469 g/mol. The summed E-state index contributed by atoms with van der Waals surface area (Å²) in [4.78, 5) is 24.6. The van der Waals surface area contributed by atoms with Gasteiger partial charge in [0.1, 0.15) is 11.4 Å². The van der Waals surface area contributed by atoms with E-state index in [0.717, 1.165) is 22.1 Å². The highest BCUT2D eigenvalue weighted by Crippen LogP contribution is 2.30. The molecule has 0 spiro atoms. The number of aromatic amines is 1. The lowest BCUT2D eigenvalue weighted by Gasteiger charge is -2.08. The fourth-order valence-electron chi connectivity index (χ4n) is 3.72. The Morgan fingerprint density at radius 2 is 1.82 bits per heavy atom. The van der Waals surface area contributed by atoms with Crippen molar-refractivity contribution in [2.75, 3.05) is 10.6 Å². The van der Waals surface area contributed by atoms with Gasteiger partial charge in [0.15, 0.2) is 0 Å². The van der Waals surface area contributed by atoms with Crippen LogP contribution in [0.5, 0.6) is 5.75 Å². The first-order valence-electron chi connectivity index (χ1n) is 10.6. The fourth-order valence-corrected chi connectivity index (χ4v) is 3.93. The van der Waals surface area contributed by atoms with Crippen LogP contribution in [0.25, 0.3) is 22.2 Å². The Bertz CT molecular complexity index is 1500. The molecule has 0 atom stereocenters. The largest absolute Gasteiger partial charge is 0.508 e. The Hall–Kier alpha value is -4.36. The van der Waals surface area contributed by atoms with E-state index in [-0.39, 0.29) is 18.1 Å². The molecule has 0 aliphatic heterocycles. The number of hydrogen-bond donors (Lipinski definition) is 4. The van der Waals surface area contributed by atoms with Gasteiger partial charge in [0.2, 0.25) is 11.9 Å². The Morgan fingerprint density at radius 1 is 1.00 bits per heavy atom. The van der Waals surface area contributed by atoms with Crippen molar-refractivity contribution in [1.82, 2.24) is 15.0 Å². The summed E-state index contributed by atoms with van der Waals surface area (Å²) in [6.45, 7) is 0. The van der Waals surface area contributed by atoms with Crippen molar-refractivity contribution in [1.29, 1.82) is 0 Å². The second kappa shape index (κ2) is 9.25. The third kappa shape index (κ3) is 4.84. The third-order valence-corrected chi connectivity index (χ3v) is 5.48. The predicted octanol–water partition coefficient (Wildman–Crippen LogP) is 5.91. The van der Waals surface area contributed by atoms with Crippen LogP contribution in [0.1, 0.15) is 5.56 Å². The standard InChI is InChI=1S/C26H20ClN5O2/c27-18-6-1-4-16(10-18)11-24(34)30-19-7-2-5-17(12-19)22-14-28-25-23(22)15-29-26(32-25)31-20-8-3-9-21(33)13-20/h1-10,12-15,33H,11H2,(H,30,34)(H2,28,29,31,32). The number of fused-ring (bicyclic) bond motifs is 1. The van der Waals surface area contributed by atoms with Crippen molar-refractivity contribution < 1.29 is 9.90 Å². The SMILES string of the molecule is O=C(Cc1cccc(Cl)c1)Nc1cccc(-c2c[nH]c3nc(Nc4cccc(O)c4)ncc23)c1. The lowest BCUT2D eigenvalue weighted by Crippen LogP contribution is -2.14. The first-order chi connectivity index (χ1) is 16.5. The lowest BCUT2D eigenvalue weighted by molar-refractivity contribution is -0.115. The number of anilines is 3. The topological polar surface area (TPSA) is 103 Å². The number of nitrogens with zero attached hydrogens (tertiary/aromatic N) is 2. The molecule has 5 aromatic rings. The van der Waals surface area contributed by atoms with Gasteiger partial charge in [-0.05, 0) is 47.5 Å². The Kier molecular flexibility index (Phi) is 5.84. The molecule has 0 bridgehead atoms. The van der Waals surface area contributed by atoms with Gasteiger partial charge in [-0.25, -0.2) is 4.98 Å². The molecule has 4 N–H and O–H groups in total. The van der Waals surface area contributed by atoms with Crippen LogP contribution < -0.4 is 10.6 Å². The van der Waals surface area contributed by atoms with Gasteiger partial charge in [-0.1, -0.05) is 41.9 Å². The molecule has 0 saturated heterocycles. The smallest absolute Gasteiger partial charge is 0.229 e. The van der Waals surface area contributed by atoms with Crippen LogP contribution in [-0.4, -0.2) is 26.0 Å². The summed E-state index contributed by atoms with van der Waals surface area (Å²) < 4.78 is 0. The minimum Gasteiger partial charge on any atom is -0.508 e. The summed E-state index contributed by atoms with van der Waals surface area (Å²) in [7, 11) is 0. The van der Waals surface area contributed by atoms with Crippen molar-refractivity contribution in [3.8, 4) is 16.9 Å². The number of nitrogens with one attached hydrogen (secondary N) is 3. The molecule has 8 heteroatoms. The van der Waals surface area contributed by atoms with Crippen molar-refractivity contribution in [2.45, 2.75) is 6.42 Å². The molecular weight excluding hydrogens is 450 g/mol. The number of amides is 1. The molecule has 0 fully saturated rings. The summed E-state index contributed by atoms with van der Waals surface area (Å²) in [5.41, 5.74) is 4.75. The molecule has 5 rings (SSSR count). The molecule has 0 aliphatic rings. The fraction of sp³-hybridized carbons (Fsp3) is 0.0385. The van der Waals surface area contributed by atoms with E-state index in [2.05, 4.69) is 25.6 Å². The van der Waals surface area contributed by atoms with Gasteiger partial charge in [-0.2, -0.15) is 4.98 Å². The van der Waals surface area contributed by atoms with Gasteiger partial charge >= 0.3 is 0 Å². The van der Waals surface area contributed by atoms with Crippen molar-refractivity contribution in [3.05, 3.63) is 95.8 Å². The number of H-pyrrole nitrogens is 1. The molecule has 34 heavy (non-hydrogen) atoms. The maximum absolute atomic E-state index is 12.5. The van der Waals surface area contributed by atoms with Crippen LogP contribution in [0.2, 0.25) is 5.02 Å². The van der Waals surface area contributed by atoms with Crippen LogP contribution in [-0.2, 0) is 11.2 Å². The van der Waals surface area contributed by atoms with E-state index >= 15 is 0 Å². The molecule has 3 aromatic carbocycles. The van der Waals surface area contributed by atoms with E-state index < -0.39 is 0 Å². The van der Waals surface area contributed by atoms with Crippen molar-refractivity contribution >= 4 is 45.9 Å². The van der Waals surface area contributed by atoms with E-state index in [9.17, 15) is 9.90 Å². The normalized spacial score (nSPS) is 10.9. The number of phenolic OH excluding ortho intramolecular Hbond substituents is 1. The number of carbonyl (C=O) groups excluding carboxylic acids is 1. The summed E-state index contributed by atoms with van der Waals surface area (Å²) in [6.07, 6.45) is 3.84. The number of benzene rings is 3. The van der Waals surface area contributed by atoms with E-state index in [1.165, 1.54) is 0 Å². The summed E-state index contributed by atoms with van der Waals surface area (Å²) in [5.74, 6) is 0.450. The number of phenols is 1. The molecule has 2 heterocycles. The van der Waals surface area contributed by atoms with Gasteiger partial charge in [-0.3, -0.25) is 4.79 Å². The minimum atomic E-state index is -0.121. The zero-order valence-electron chi connectivity index (χ0n) is 17.9. The summed E-state index contributed by atoms with van der Waals surface area (Å²) >= 11 is 6.01. The molecule has 0 radical (unpaired) electrons. The van der Waals surface area contributed by atoms with E-state index in [0.29, 0.717) is 28.0 Å². The second-order valence-corrected chi connectivity index (χ2v) is 8.21. The first-order valence-corrected chi connectivity index (χ1v) is 11.0. The Labute approximate surface area is 200 Å². The van der Waals surface area contributed by atoms with Gasteiger partial charge < -0.3 is 20.7 Å². The van der Waals surface area contributed by atoms with Crippen molar-refractivity contribution in [2.24, 2.45) is 0 Å². The summed E-state index contributed by atoms with van der Waals surface area (Å²) in [6, 6.07) is 21.6. The average Bonchev–Trinajstić information content (AvgIpc) is 3.22. The van der Waals surface area contributed by atoms with E-state index in [1.54, 1.807) is 36.5 Å². The molecule has 0 saturated carbocycles. The highest BCUT2D eigenvalue weighted by molar-refractivity contribution is 6.30. The number of carbonyl (C=O) groups is 1. The number of aromatic nitrogens is 3. The zero-order chi connectivity index (χ0) is 23.5. The lowest BCUT2D eigenvalue weighted by atomic mass is 10.1. The maximum atomic E-state index is 12.5. The number of rotatable bonds is 6. The van der Waals surface area contributed by atoms with Crippen molar-refractivity contribution in [3.63, 3.8) is 0 Å². The number of aromatic hydroxyl groups is 1. The van der Waals surface area contributed by atoms with E-state index in [1.807, 2.05) is 48.7 Å². The van der Waals surface area contributed by atoms with Crippen LogP contribution in [0, 0.1) is 0 Å². The molecular formula is C26H20ClN5O2. The Balaban J connectivity index is 1.34. The molecule has 1 amide bonds. The number of hydrogen-bond acceptors (Lipinski definition) is 5. The highest BCUT2D eigenvalue weighted by Gasteiger charge is 2.11. The predicted molar refractivity (Wildman–Crippen MR) is 134 cm³/mol. The van der Waals surface area contributed by atoms with Gasteiger partial charge in [0, 0.05) is 45.8 Å². The number of halogens is 1. The van der Waals surface area contributed by atoms with Crippen LogP contribution in [0.3, 0.4) is 0 Å². The second-order valence-electron chi connectivity index (χ2n) is 7.77. The Morgan fingerprint density at radius 3 is 2.68 bits per heavy atom. The van der Waals surface area contributed by atoms with Gasteiger partial charge in [-0.15, -0.1) is 0 Å². The average molecular weight is 470 g/mol. The van der Waals surface area contributed by atoms with Crippen LogP contribution in [0.15, 0.2) is 85.2 Å². The van der Waals surface area contributed by atoms with E-state index in [4.69, 9.17) is 11.6 Å². The molecule has 0 aliphatic carbocycles. The minimum absolute atomic E-state index is 0.121. The quantitative estimate of drug-likeness (QED) is 0.247. The molecule has 0 unspecified atom stereocenters. The molecule has 7 nitrogen and oxygen atoms in total. The maximum Gasteiger partial charge on any atom is 0.229 e. The van der Waals surface area contributed by atoms with Gasteiger partial charge in [0.25, 0.3) is 0 Å². The first kappa shape index (κ1) is 21.5. The van der Waals surface area contributed by atoms with Crippen LogP contribution >= 0.6 is 11.6 Å². The van der Waals surface area contributed by atoms with Gasteiger partial charge in [0.05, 0.1) is 6.42 Å². The zero-order valence-corrected chi connectivity index (χ0v) is 18.7. The molecule has 168 valence electrons. The third-order valence-electron chi connectivity index (χ3n) is 5.25.